The van der Waals surface area contributed by atoms with Gasteiger partial charge in [-0.3, -0.25) is 9.69 Å². The molecule has 1 aromatic carbocycles. The Morgan fingerprint density at radius 3 is 2.78 bits per heavy atom. The average Bonchev–Trinajstić information content (AvgIpc) is 2.27. The van der Waals surface area contributed by atoms with Crippen LogP contribution in [0.25, 0.3) is 0 Å². The number of carbonyl (C=O) groups excluding carboxylic acids is 1. The largest absolute Gasteiger partial charge is 0.492 e. The third-order valence-corrected chi connectivity index (χ3v) is 2.53. The summed E-state index contributed by atoms with van der Waals surface area (Å²) in [6.45, 7) is 5.10. The fraction of sp³-hybridized carbons (Fsp3) is 0.462. The highest BCUT2D eigenvalue weighted by Crippen LogP contribution is 2.11. The smallest absolute Gasteiger partial charge is 0.231 e. The third-order valence-electron chi connectivity index (χ3n) is 2.53. The van der Waals surface area contributed by atoms with Gasteiger partial charge in [-0.25, -0.2) is 4.39 Å². The van der Waals surface area contributed by atoms with E-state index in [1.807, 2.05) is 18.7 Å². The summed E-state index contributed by atoms with van der Waals surface area (Å²) in [7, 11) is 0. The summed E-state index contributed by atoms with van der Waals surface area (Å²) >= 11 is 0. The number of primary amides is 1. The number of nitrogens with two attached hydrogens (primary N) is 1. The van der Waals surface area contributed by atoms with Crippen molar-refractivity contribution in [3.63, 3.8) is 0 Å². The minimum absolute atomic E-state index is 0.199. The van der Waals surface area contributed by atoms with E-state index in [2.05, 4.69) is 0 Å². The predicted octanol–water partition coefficient (Wildman–Crippen LogP) is 1.40. The number of amides is 1. The van der Waals surface area contributed by atoms with Gasteiger partial charge >= 0.3 is 0 Å². The summed E-state index contributed by atoms with van der Waals surface area (Å²) < 4.78 is 18.3. The van der Waals surface area contributed by atoms with E-state index >= 15 is 0 Å². The normalized spacial score (nSPS) is 10.9. The first kappa shape index (κ1) is 14.4. The second-order valence-corrected chi connectivity index (χ2v) is 4.34. The van der Waals surface area contributed by atoms with Gasteiger partial charge in [0.2, 0.25) is 5.91 Å². The van der Waals surface area contributed by atoms with Crippen molar-refractivity contribution in [2.45, 2.75) is 19.9 Å². The zero-order valence-corrected chi connectivity index (χ0v) is 10.7. The first-order valence-electron chi connectivity index (χ1n) is 5.89. The van der Waals surface area contributed by atoms with Crippen LogP contribution in [-0.2, 0) is 4.79 Å². The number of rotatable bonds is 7. The van der Waals surface area contributed by atoms with Crippen LogP contribution < -0.4 is 10.5 Å². The van der Waals surface area contributed by atoms with Crippen LogP contribution in [0.4, 0.5) is 4.39 Å². The van der Waals surface area contributed by atoms with E-state index in [4.69, 9.17) is 10.5 Å². The Labute approximate surface area is 107 Å². The molecule has 0 aliphatic rings. The van der Waals surface area contributed by atoms with E-state index in [0.29, 0.717) is 18.9 Å². The number of benzene rings is 1. The lowest BCUT2D eigenvalue weighted by atomic mass is 10.3. The Balaban J connectivity index is 2.41. The minimum atomic E-state index is -0.366. The highest BCUT2D eigenvalue weighted by molar-refractivity contribution is 5.75. The molecule has 2 N–H and O–H groups in total. The summed E-state index contributed by atoms with van der Waals surface area (Å²) in [5.41, 5.74) is 5.16. The molecule has 0 bridgehead atoms. The van der Waals surface area contributed by atoms with Crippen LogP contribution in [0, 0.1) is 5.82 Å². The van der Waals surface area contributed by atoms with Crippen molar-refractivity contribution in [1.29, 1.82) is 0 Å². The highest BCUT2D eigenvalue weighted by Gasteiger charge is 2.11. The molecule has 100 valence electrons. The molecule has 0 aromatic heterocycles. The molecule has 1 aromatic rings. The van der Waals surface area contributed by atoms with Gasteiger partial charge in [-0.1, -0.05) is 6.07 Å². The van der Waals surface area contributed by atoms with Crippen molar-refractivity contribution < 1.29 is 13.9 Å². The molecular formula is C13H19FN2O2. The first-order valence-corrected chi connectivity index (χ1v) is 5.89. The maximum Gasteiger partial charge on any atom is 0.231 e. The molecule has 0 saturated carbocycles. The second-order valence-electron chi connectivity index (χ2n) is 4.34. The summed E-state index contributed by atoms with van der Waals surface area (Å²) in [5.74, 6) is -0.211. The van der Waals surface area contributed by atoms with Gasteiger partial charge < -0.3 is 10.5 Å². The van der Waals surface area contributed by atoms with E-state index in [0.717, 1.165) is 0 Å². The number of carbonyl (C=O) groups is 1. The topological polar surface area (TPSA) is 55.6 Å². The van der Waals surface area contributed by atoms with Gasteiger partial charge in [0.15, 0.2) is 0 Å². The lowest BCUT2D eigenvalue weighted by Gasteiger charge is -2.24. The lowest BCUT2D eigenvalue weighted by molar-refractivity contribution is -0.119. The van der Waals surface area contributed by atoms with Crippen LogP contribution in [0.5, 0.6) is 5.75 Å². The number of hydrogen-bond donors (Lipinski definition) is 1. The third kappa shape index (κ3) is 5.14. The van der Waals surface area contributed by atoms with Crippen molar-refractivity contribution in [3.05, 3.63) is 30.1 Å². The fourth-order valence-corrected chi connectivity index (χ4v) is 1.56. The highest BCUT2D eigenvalue weighted by atomic mass is 19.1. The molecule has 0 unspecified atom stereocenters. The Morgan fingerprint density at radius 2 is 2.22 bits per heavy atom. The molecule has 5 heteroatoms. The second kappa shape index (κ2) is 6.96. The molecule has 1 amide bonds. The van der Waals surface area contributed by atoms with Crippen molar-refractivity contribution in [2.24, 2.45) is 5.73 Å². The van der Waals surface area contributed by atoms with Gasteiger partial charge in [-0.05, 0) is 26.0 Å². The Bertz CT molecular complexity index is 396. The van der Waals surface area contributed by atoms with Gasteiger partial charge in [0, 0.05) is 18.7 Å². The van der Waals surface area contributed by atoms with E-state index < -0.39 is 0 Å². The standard InChI is InChI=1S/C13H19FN2O2/c1-10(2)16(9-13(15)17)6-7-18-12-5-3-4-11(14)8-12/h3-5,8,10H,6-7,9H2,1-2H3,(H2,15,17). The van der Waals surface area contributed by atoms with E-state index in [1.54, 1.807) is 12.1 Å². The van der Waals surface area contributed by atoms with Gasteiger partial charge in [0.25, 0.3) is 0 Å². The summed E-state index contributed by atoms with van der Waals surface area (Å²) in [5, 5.41) is 0. The maximum absolute atomic E-state index is 12.9. The summed E-state index contributed by atoms with van der Waals surface area (Å²) in [6.07, 6.45) is 0. The van der Waals surface area contributed by atoms with Crippen LogP contribution in [0.1, 0.15) is 13.8 Å². The molecule has 0 aliphatic heterocycles. The first-order chi connectivity index (χ1) is 8.49. The Kier molecular flexibility index (Phi) is 5.58. The molecule has 0 saturated heterocycles. The fourth-order valence-electron chi connectivity index (χ4n) is 1.56. The zero-order valence-electron chi connectivity index (χ0n) is 10.7. The number of ether oxygens (including phenoxy) is 1. The molecule has 18 heavy (non-hydrogen) atoms. The monoisotopic (exact) mass is 254 g/mol. The van der Waals surface area contributed by atoms with Crippen molar-refractivity contribution in [1.82, 2.24) is 4.90 Å². The molecular weight excluding hydrogens is 235 g/mol. The number of halogens is 1. The molecule has 4 nitrogen and oxygen atoms in total. The molecule has 0 spiro atoms. The molecule has 1 rings (SSSR count). The van der Waals surface area contributed by atoms with Gasteiger partial charge in [-0.2, -0.15) is 0 Å². The van der Waals surface area contributed by atoms with Crippen LogP contribution in [0.15, 0.2) is 24.3 Å². The summed E-state index contributed by atoms with van der Waals surface area (Å²) in [6, 6.07) is 6.17. The molecule has 0 aliphatic carbocycles. The SMILES string of the molecule is CC(C)N(CCOc1cccc(F)c1)CC(N)=O. The predicted molar refractivity (Wildman–Crippen MR) is 67.8 cm³/mol. The van der Waals surface area contributed by atoms with Crippen LogP contribution >= 0.6 is 0 Å². The molecule has 0 fully saturated rings. The van der Waals surface area contributed by atoms with Gasteiger partial charge in [0.05, 0.1) is 6.54 Å². The van der Waals surface area contributed by atoms with E-state index in [-0.39, 0.29) is 24.3 Å². The average molecular weight is 254 g/mol. The number of hydrogen-bond acceptors (Lipinski definition) is 3. The van der Waals surface area contributed by atoms with Crippen LogP contribution in [0.2, 0.25) is 0 Å². The van der Waals surface area contributed by atoms with Crippen LogP contribution in [-0.4, -0.2) is 36.5 Å². The summed E-state index contributed by atoms with van der Waals surface area (Å²) in [4.78, 5) is 12.8. The number of nitrogens with zero attached hydrogens (tertiary/aromatic N) is 1. The van der Waals surface area contributed by atoms with E-state index in [1.165, 1.54) is 12.1 Å². The maximum atomic E-state index is 12.9. The lowest BCUT2D eigenvalue weighted by Crippen LogP contribution is -2.40. The van der Waals surface area contributed by atoms with Crippen LogP contribution in [0.3, 0.4) is 0 Å². The zero-order chi connectivity index (χ0) is 13.5. The van der Waals surface area contributed by atoms with Gasteiger partial charge in [-0.15, -0.1) is 0 Å². The minimum Gasteiger partial charge on any atom is -0.492 e. The van der Waals surface area contributed by atoms with Crippen molar-refractivity contribution in [2.75, 3.05) is 19.7 Å². The Morgan fingerprint density at radius 1 is 1.50 bits per heavy atom. The molecule has 0 heterocycles. The molecule has 0 atom stereocenters. The van der Waals surface area contributed by atoms with Crippen molar-refractivity contribution >= 4 is 5.91 Å². The van der Waals surface area contributed by atoms with Gasteiger partial charge in [0.1, 0.15) is 18.2 Å². The van der Waals surface area contributed by atoms with Crippen molar-refractivity contribution in [3.8, 4) is 5.75 Å². The quantitative estimate of drug-likeness (QED) is 0.800. The molecule has 0 radical (unpaired) electrons. The Hall–Kier alpha value is -1.62. The van der Waals surface area contributed by atoms with E-state index in [9.17, 15) is 9.18 Å².